The summed E-state index contributed by atoms with van der Waals surface area (Å²) in [6, 6.07) is 5.78. The highest BCUT2D eigenvalue weighted by atomic mass is 19.4. The summed E-state index contributed by atoms with van der Waals surface area (Å²) in [4.78, 5) is 0. The number of hydrogen-bond donors (Lipinski definition) is 1. The molecule has 0 saturated heterocycles. The van der Waals surface area contributed by atoms with Crippen LogP contribution in [0.3, 0.4) is 0 Å². The summed E-state index contributed by atoms with van der Waals surface area (Å²) in [5.74, 6) is -0.195. The fraction of sp³-hybridized carbons (Fsp3) is 0.538. The molecule has 1 aromatic carbocycles. The maximum Gasteiger partial charge on any atom is 0.573 e. The summed E-state index contributed by atoms with van der Waals surface area (Å²) < 4.78 is 39.6. The predicted octanol–water partition coefficient (Wildman–Crippen LogP) is 4.58. The van der Waals surface area contributed by atoms with E-state index in [4.69, 9.17) is 0 Å². The first kappa shape index (κ1) is 14.7. The molecule has 1 rings (SSSR count). The lowest BCUT2D eigenvalue weighted by molar-refractivity contribution is -0.274. The van der Waals surface area contributed by atoms with E-state index in [9.17, 15) is 13.2 Å². The maximum absolute atomic E-state index is 11.9. The van der Waals surface area contributed by atoms with E-state index in [1.54, 1.807) is 12.1 Å². The molecule has 0 unspecified atom stereocenters. The largest absolute Gasteiger partial charge is 0.573 e. The minimum absolute atomic E-state index is 0.195. The second-order valence-corrected chi connectivity index (χ2v) is 4.06. The quantitative estimate of drug-likeness (QED) is 0.725. The average Bonchev–Trinajstić information content (AvgIpc) is 2.29. The first-order valence-corrected chi connectivity index (χ1v) is 6.11. The molecule has 0 saturated carbocycles. The van der Waals surface area contributed by atoms with Gasteiger partial charge in [0, 0.05) is 12.2 Å². The van der Waals surface area contributed by atoms with Gasteiger partial charge in [-0.3, -0.25) is 0 Å². The van der Waals surface area contributed by atoms with E-state index in [2.05, 4.69) is 17.0 Å². The van der Waals surface area contributed by atoms with E-state index in [1.165, 1.54) is 31.4 Å². The minimum Gasteiger partial charge on any atom is -0.406 e. The molecule has 0 amide bonds. The second kappa shape index (κ2) is 7.13. The van der Waals surface area contributed by atoms with E-state index in [1.807, 2.05) is 0 Å². The number of rotatable bonds is 7. The molecular formula is C13H18F3NO. The van der Waals surface area contributed by atoms with Gasteiger partial charge >= 0.3 is 6.36 Å². The summed E-state index contributed by atoms with van der Waals surface area (Å²) in [5.41, 5.74) is 0.807. The van der Waals surface area contributed by atoms with E-state index in [-0.39, 0.29) is 5.75 Å². The van der Waals surface area contributed by atoms with Crippen LogP contribution in [-0.4, -0.2) is 12.9 Å². The van der Waals surface area contributed by atoms with E-state index in [0.29, 0.717) is 0 Å². The molecule has 18 heavy (non-hydrogen) atoms. The molecule has 0 aromatic heterocycles. The zero-order chi connectivity index (χ0) is 13.4. The zero-order valence-electron chi connectivity index (χ0n) is 10.4. The van der Waals surface area contributed by atoms with Crippen molar-refractivity contribution in [3.05, 3.63) is 24.3 Å². The van der Waals surface area contributed by atoms with Crippen LogP contribution in [0.4, 0.5) is 18.9 Å². The van der Waals surface area contributed by atoms with Crippen LogP contribution in [-0.2, 0) is 0 Å². The average molecular weight is 261 g/mol. The molecule has 0 bridgehead atoms. The maximum atomic E-state index is 11.9. The van der Waals surface area contributed by atoms with Crippen molar-refractivity contribution >= 4 is 5.69 Å². The third-order valence-electron chi connectivity index (χ3n) is 2.45. The summed E-state index contributed by atoms with van der Waals surface area (Å²) in [7, 11) is 0. The molecule has 0 aliphatic rings. The number of unbranched alkanes of at least 4 members (excludes halogenated alkanes) is 3. The first-order valence-electron chi connectivity index (χ1n) is 6.11. The van der Waals surface area contributed by atoms with Crippen LogP contribution in [0, 0.1) is 0 Å². The van der Waals surface area contributed by atoms with Crippen LogP contribution in [0.25, 0.3) is 0 Å². The summed E-state index contributed by atoms with van der Waals surface area (Å²) in [6.45, 7) is 2.98. The Morgan fingerprint density at radius 3 is 2.28 bits per heavy atom. The van der Waals surface area contributed by atoms with Crippen molar-refractivity contribution in [3.63, 3.8) is 0 Å². The molecule has 0 spiro atoms. The Hall–Kier alpha value is -1.39. The van der Waals surface area contributed by atoms with Gasteiger partial charge in [-0.1, -0.05) is 26.2 Å². The molecule has 0 fully saturated rings. The van der Waals surface area contributed by atoms with Crippen molar-refractivity contribution in [2.75, 3.05) is 11.9 Å². The topological polar surface area (TPSA) is 21.3 Å². The Kier molecular flexibility index (Phi) is 5.82. The van der Waals surface area contributed by atoms with Crippen molar-refractivity contribution in [3.8, 4) is 5.75 Å². The lowest BCUT2D eigenvalue weighted by atomic mass is 10.2. The van der Waals surface area contributed by atoms with Gasteiger partial charge in [-0.05, 0) is 30.7 Å². The highest BCUT2D eigenvalue weighted by molar-refractivity contribution is 5.46. The van der Waals surface area contributed by atoms with Crippen molar-refractivity contribution in [2.24, 2.45) is 0 Å². The van der Waals surface area contributed by atoms with Gasteiger partial charge in [0.15, 0.2) is 0 Å². The zero-order valence-corrected chi connectivity index (χ0v) is 10.4. The number of nitrogens with one attached hydrogen (secondary N) is 1. The van der Waals surface area contributed by atoms with Crippen molar-refractivity contribution in [2.45, 2.75) is 39.0 Å². The van der Waals surface area contributed by atoms with Gasteiger partial charge in [0.2, 0.25) is 0 Å². The molecule has 0 heterocycles. The first-order chi connectivity index (χ1) is 8.51. The number of hydrogen-bond acceptors (Lipinski definition) is 2. The molecule has 0 radical (unpaired) electrons. The lowest BCUT2D eigenvalue weighted by Crippen LogP contribution is -2.17. The van der Waals surface area contributed by atoms with Crippen LogP contribution >= 0.6 is 0 Å². The van der Waals surface area contributed by atoms with Crippen LogP contribution in [0.5, 0.6) is 5.75 Å². The molecule has 1 aromatic rings. The van der Waals surface area contributed by atoms with Crippen molar-refractivity contribution < 1.29 is 17.9 Å². The second-order valence-electron chi connectivity index (χ2n) is 4.06. The third-order valence-corrected chi connectivity index (χ3v) is 2.45. The monoisotopic (exact) mass is 261 g/mol. The van der Waals surface area contributed by atoms with Crippen LogP contribution in [0.15, 0.2) is 24.3 Å². The normalized spacial score (nSPS) is 11.3. The third kappa shape index (κ3) is 6.37. The number of halogens is 3. The fourth-order valence-corrected chi connectivity index (χ4v) is 1.56. The summed E-state index contributed by atoms with van der Waals surface area (Å²) in [5, 5.41) is 3.16. The number of alkyl halides is 3. The smallest absolute Gasteiger partial charge is 0.406 e. The van der Waals surface area contributed by atoms with Crippen molar-refractivity contribution in [1.29, 1.82) is 0 Å². The molecule has 0 aliphatic heterocycles. The van der Waals surface area contributed by atoms with Gasteiger partial charge in [0.25, 0.3) is 0 Å². The Balaban J connectivity index is 2.32. The minimum atomic E-state index is -4.63. The summed E-state index contributed by atoms with van der Waals surface area (Å²) >= 11 is 0. The summed E-state index contributed by atoms with van der Waals surface area (Å²) in [6.07, 6.45) is -0.00791. The standard InChI is InChI=1S/C13H18F3NO/c1-2-3-4-5-10-17-11-6-8-12(9-7-11)18-13(14,15)16/h6-9,17H,2-5,10H2,1H3. The number of benzene rings is 1. The van der Waals surface area contributed by atoms with Crippen LogP contribution < -0.4 is 10.1 Å². The Labute approximate surface area is 105 Å². The SMILES string of the molecule is CCCCCCNc1ccc(OC(F)(F)F)cc1. The molecule has 0 atom stereocenters. The van der Waals surface area contributed by atoms with Gasteiger partial charge in [0.1, 0.15) is 5.75 Å². The lowest BCUT2D eigenvalue weighted by Gasteiger charge is -2.10. The highest BCUT2D eigenvalue weighted by Gasteiger charge is 2.30. The van der Waals surface area contributed by atoms with Gasteiger partial charge in [0.05, 0.1) is 0 Å². The van der Waals surface area contributed by atoms with Gasteiger partial charge < -0.3 is 10.1 Å². The van der Waals surface area contributed by atoms with Crippen LogP contribution in [0.1, 0.15) is 32.6 Å². The Morgan fingerprint density at radius 2 is 1.72 bits per heavy atom. The van der Waals surface area contributed by atoms with Gasteiger partial charge in [-0.15, -0.1) is 13.2 Å². The van der Waals surface area contributed by atoms with Gasteiger partial charge in [-0.25, -0.2) is 0 Å². The van der Waals surface area contributed by atoms with E-state index >= 15 is 0 Å². The molecule has 0 aliphatic carbocycles. The molecular weight excluding hydrogens is 243 g/mol. The van der Waals surface area contributed by atoms with E-state index < -0.39 is 6.36 Å². The number of anilines is 1. The predicted molar refractivity (Wildman–Crippen MR) is 65.8 cm³/mol. The molecule has 1 N–H and O–H groups in total. The van der Waals surface area contributed by atoms with Crippen LogP contribution in [0.2, 0.25) is 0 Å². The number of ether oxygens (including phenoxy) is 1. The van der Waals surface area contributed by atoms with Crippen molar-refractivity contribution in [1.82, 2.24) is 0 Å². The molecule has 5 heteroatoms. The highest BCUT2D eigenvalue weighted by Crippen LogP contribution is 2.23. The molecule has 2 nitrogen and oxygen atoms in total. The van der Waals surface area contributed by atoms with E-state index in [0.717, 1.165) is 18.7 Å². The van der Waals surface area contributed by atoms with Gasteiger partial charge in [-0.2, -0.15) is 0 Å². The Morgan fingerprint density at radius 1 is 1.06 bits per heavy atom. The Bertz CT molecular complexity index is 335. The fourth-order valence-electron chi connectivity index (χ4n) is 1.56. The molecule has 102 valence electrons.